The average molecular weight is 317 g/mol. The highest BCUT2D eigenvalue weighted by Crippen LogP contribution is 2.31. The second-order valence-electron chi connectivity index (χ2n) is 6.07. The van der Waals surface area contributed by atoms with E-state index in [9.17, 15) is 4.79 Å². The molecule has 0 bridgehead atoms. The minimum absolute atomic E-state index is 0.0785. The van der Waals surface area contributed by atoms with Crippen molar-refractivity contribution in [1.82, 2.24) is 10.3 Å². The number of hydrogen-bond donors (Lipinski definition) is 1. The zero-order chi connectivity index (χ0) is 15.5. The molecule has 1 fully saturated rings. The summed E-state index contributed by atoms with van der Waals surface area (Å²) in [5.41, 5.74) is 1.05. The number of amides is 1. The lowest BCUT2D eigenvalue weighted by molar-refractivity contribution is -0.125. The zero-order valence-electron chi connectivity index (χ0n) is 13.2. The SMILES string of the molecule is CC[C@H](C)NC(=O)[C@H]1CCCN(c2nc3ccccc3s2)C1. The van der Waals surface area contributed by atoms with Crippen LogP contribution in [-0.2, 0) is 4.79 Å². The number of anilines is 1. The molecule has 0 saturated carbocycles. The highest BCUT2D eigenvalue weighted by Gasteiger charge is 2.27. The molecule has 1 amide bonds. The van der Waals surface area contributed by atoms with Gasteiger partial charge in [-0.2, -0.15) is 0 Å². The number of carbonyl (C=O) groups is 1. The van der Waals surface area contributed by atoms with Gasteiger partial charge in [0.05, 0.1) is 16.1 Å². The van der Waals surface area contributed by atoms with Crippen LogP contribution in [0.3, 0.4) is 0 Å². The number of hydrogen-bond acceptors (Lipinski definition) is 4. The third-order valence-corrected chi connectivity index (χ3v) is 5.44. The highest BCUT2D eigenvalue weighted by molar-refractivity contribution is 7.22. The van der Waals surface area contributed by atoms with Gasteiger partial charge < -0.3 is 10.2 Å². The number of carbonyl (C=O) groups excluding carboxylic acids is 1. The number of aromatic nitrogens is 1. The molecular formula is C17H23N3OS. The first-order valence-corrected chi connectivity index (χ1v) is 8.90. The van der Waals surface area contributed by atoms with E-state index in [0.29, 0.717) is 0 Å². The van der Waals surface area contributed by atoms with E-state index < -0.39 is 0 Å². The summed E-state index contributed by atoms with van der Waals surface area (Å²) in [4.78, 5) is 19.4. The Bertz CT molecular complexity index is 621. The number of nitrogens with one attached hydrogen (secondary N) is 1. The Kier molecular flexibility index (Phi) is 4.62. The maximum atomic E-state index is 12.4. The Hall–Kier alpha value is -1.62. The summed E-state index contributed by atoms with van der Waals surface area (Å²) >= 11 is 1.72. The number of para-hydroxylation sites is 1. The predicted octanol–water partition coefficient (Wildman–Crippen LogP) is 3.43. The van der Waals surface area contributed by atoms with E-state index in [1.807, 2.05) is 18.2 Å². The molecule has 0 radical (unpaired) electrons. The van der Waals surface area contributed by atoms with Crippen molar-refractivity contribution in [2.45, 2.75) is 39.2 Å². The van der Waals surface area contributed by atoms with Crippen LogP contribution < -0.4 is 10.2 Å². The topological polar surface area (TPSA) is 45.2 Å². The molecule has 3 rings (SSSR count). The van der Waals surface area contributed by atoms with Gasteiger partial charge in [-0.3, -0.25) is 4.79 Å². The number of piperidine rings is 1. The smallest absolute Gasteiger partial charge is 0.225 e. The molecule has 4 nitrogen and oxygen atoms in total. The lowest BCUT2D eigenvalue weighted by Gasteiger charge is -2.32. The van der Waals surface area contributed by atoms with Gasteiger partial charge in [-0.1, -0.05) is 30.4 Å². The normalized spacial score (nSPS) is 20.1. The van der Waals surface area contributed by atoms with Gasteiger partial charge in [-0.25, -0.2) is 4.98 Å². The van der Waals surface area contributed by atoms with Gasteiger partial charge >= 0.3 is 0 Å². The fourth-order valence-electron chi connectivity index (χ4n) is 2.82. The molecule has 0 aliphatic carbocycles. The summed E-state index contributed by atoms with van der Waals surface area (Å²) in [5.74, 6) is 0.273. The largest absolute Gasteiger partial charge is 0.353 e. The second-order valence-corrected chi connectivity index (χ2v) is 7.08. The molecule has 2 aromatic rings. The van der Waals surface area contributed by atoms with E-state index in [4.69, 9.17) is 4.98 Å². The van der Waals surface area contributed by atoms with Crippen LogP contribution >= 0.6 is 11.3 Å². The number of rotatable bonds is 4. The van der Waals surface area contributed by atoms with Crippen molar-refractivity contribution in [3.05, 3.63) is 24.3 Å². The van der Waals surface area contributed by atoms with Crippen molar-refractivity contribution in [3.63, 3.8) is 0 Å². The minimum atomic E-state index is 0.0785. The molecule has 2 heterocycles. The average Bonchev–Trinajstić information content (AvgIpc) is 2.99. The molecule has 22 heavy (non-hydrogen) atoms. The van der Waals surface area contributed by atoms with Crippen LogP contribution in [0, 0.1) is 5.92 Å². The number of nitrogens with zero attached hydrogens (tertiary/aromatic N) is 2. The summed E-state index contributed by atoms with van der Waals surface area (Å²) in [6.07, 6.45) is 3.00. The highest BCUT2D eigenvalue weighted by atomic mass is 32.1. The molecule has 118 valence electrons. The predicted molar refractivity (Wildman–Crippen MR) is 92.5 cm³/mol. The first-order chi connectivity index (χ1) is 10.7. The molecule has 1 aliphatic rings. The van der Waals surface area contributed by atoms with Crippen LogP contribution in [0.5, 0.6) is 0 Å². The number of thiazole rings is 1. The maximum Gasteiger partial charge on any atom is 0.225 e. The first-order valence-electron chi connectivity index (χ1n) is 8.08. The van der Waals surface area contributed by atoms with Crippen molar-refractivity contribution in [3.8, 4) is 0 Å². The summed E-state index contributed by atoms with van der Waals surface area (Å²) < 4.78 is 1.21. The van der Waals surface area contributed by atoms with Gasteiger partial charge in [0.2, 0.25) is 5.91 Å². The molecule has 5 heteroatoms. The molecule has 0 unspecified atom stereocenters. The molecule has 1 aromatic carbocycles. The van der Waals surface area contributed by atoms with E-state index in [-0.39, 0.29) is 17.9 Å². The van der Waals surface area contributed by atoms with Gasteiger partial charge in [0.15, 0.2) is 5.13 Å². The van der Waals surface area contributed by atoms with Crippen molar-refractivity contribution in [1.29, 1.82) is 0 Å². The Balaban J connectivity index is 1.71. The van der Waals surface area contributed by atoms with Gasteiger partial charge in [-0.15, -0.1) is 0 Å². The standard InChI is InChI=1S/C17H23N3OS/c1-3-12(2)18-16(21)13-7-6-10-20(11-13)17-19-14-8-4-5-9-15(14)22-17/h4-5,8-9,12-13H,3,6-7,10-11H2,1-2H3,(H,18,21)/t12-,13-/m0/s1. The Labute approximate surface area is 135 Å². The minimum Gasteiger partial charge on any atom is -0.353 e. The molecule has 0 spiro atoms. The van der Waals surface area contributed by atoms with Crippen LogP contribution in [0.25, 0.3) is 10.2 Å². The van der Waals surface area contributed by atoms with Crippen molar-refractivity contribution in [2.24, 2.45) is 5.92 Å². The maximum absolute atomic E-state index is 12.4. The Morgan fingerprint density at radius 2 is 2.32 bits per heavy atom. The molecule has 2 atom stereocenters. The van der Waals surface area contributed by atoms with E-state index in [0.717, 1.165) is 43.0 Å². The van der Waals surface area contributed by atoms with Crippen LogP contribution in [-0.4, -0.2) is 30.0 Å². The molecule has 1 N–H and O–H groups in total. The molecule has 1 aromatic heterocycles. The van der Waals surface area contributed by atoms with Gasteiger partial charge in [0, 0.05) is 19.1 Å². The monoisotopic (exact) mass is 317 g/mol. The summed E-state index contributed by atoms with van der Waals surface area (Å²) in [7, 11) is 0. The Morgan fingerprint density at radius 3 is 3.09 bits per heavy atom. The lowest BCUT2D eigenvalue weighted by Crippen LogP contribution is -2.45. The fraction of sp³-hybridized carbons (Fsp3) is 0.529. The summed E-state index contributed by atoms with van der Waals surface area (Å²) in [5, 5.41) is 4.16. The lowest BCUT2D eigenvalue weighted by atomic mass is 9.97. The summed E-state index contributed by atoms with van der Waals surface area (Å²) in [6, 6.07) is 8.47. The van der Waals surface area contributed by atoms with Crippen LogP contribution in [0.15, 0.2) is 24.3 Å². The van der Waals surface area contributed by atoms with Crippen LogP contribution in [0.1, 0.15) is 33.1 Å². The van der Waals surface area contributed by atoms with Gasteiger partial charge in [0.1, 0.15) is 0 Å². The molecule has 1 saturated heterocycles. The third kappa shape index (κ3) is 3.24. The fourth-order valence-corrected chi connectivity index (χ4v) is 3.82. The summed E-state index contributed by atoms with van der Waals surface area (Å²) in [6.45, 7) is 5.93. The van der Waals surface area contributed by atoms with Gasteiger partial charge in [-0.05, 0) is 38.3 Å². The number of fused-ring (bicyclic) bond motifs is 1. The van der Waals surface area contributed by atoms with E-state index >= 15 is 0 Å². The van der Waals surface area contributed by atoms with E-state index in [1.165, 1.54) is 4.70 Å². The van der Waals surface area contributed by atoms with Crippen molar-refractivity contribution < 1.29 is 4.79 Å². The van der Waals surface area contributed by atoms with Gasteiger partial charge in [0.25, 0.3) is 0 Å². The van der Waals surface area contributed by atoms with E-state index in [2.05, 4.69) is 30.1 Å². The third-order valence-electron chi connectivity index (χ3n) is 4.35. The number of benzene rings is 1. The Morgan fingerprint density at radius 1 is 1.50 bits per heavy atom. The van der Waals surface area contributed by atoms with Crippen molar-refractivity contribution >= 4 is 32.6 Å². The zero-order valence-corrected chi connectivity index (χ0v) is 14.0. The molecule has 1 aliphatic heterocycles. The van der Waals surface area contributed by atoms with Crippen LogP contribution in [0.4, 0.5) is 5.13 Å². The van der Waals surface area contributed by atoms with Crippen LogP contribution in [0.2, 0.25) is 0 Å². The van der Waals surface area contributed by atoms with Crippen molar-refractivity contribution in [2.75, 3.05) is 18.0 Å². The molecular weight excluding hydrogens is 294 g/mol. The second kappa shape index (κ2) is 6.65. The van der Waals surface area contributed by atoms with E-state index in [1.54, 1.807) is 11.3 Å². The quantitative estimate of drug-likeness (QED) is 0.939. The first kappa shape index (κ1) is 15.3.